The molecule has 0 aliphatic heterocycles. The number of aromatic nitrogens is 2. The Morgan fingerprint density at radius 3 is 2.76 bits per heavy atom. The lowest BCUT2D eigenvalue weighted by atomic mass is 9.97. The Morgan fingerprint density at radius 1 is 1.21 bits per heavy atom. The highest BCUT2D eigenvalue weighted by atomic mass is 35.5. The Kier molecular flexibility index (Phi) is 7.55. The molecule has 6 nitrogen and oxygen atoms in total. The molecule has 3 rings (SSSR count). The summed E-state index contributed by atoms with van der Waals surface area (Å²) in [6.45, 7) is 4.37. The van der Waals surface area contributed by atoms with Crippen molar-refractivity contribution in [3.63, 3.8) is 0 Å². The van der Waals surface area contributed by atoms with Crippen LogP contribution in [-0.4, -0.2) is 21.9 Å². The summed E-state index contributed by atoms with van der Waals surface area (Å²) in [5.41, 5.74) is 1.97. The topological polar surface area (TPSA) is 77.2 Å². The third-order valence-electron chi connectivity index (χ3n) is 4.34. The molecule has 29 heavy (non-hydrogen) atoms. The van der Waals surface area contributed by atoms with Gasteiger partial charge < -0.3 is 14.5 Å². The highest BCUT2D eigenvalue weighted by Gasteiger charge is 2.14. The number of hydrogen-bond donors (Lipinski definition) is 1. The van der Waals surface area contributed by atoms with Gasteiger partial charge in [-0.25, -0.2) is 0 Å². The number of rotatable bonds is 9. The number of nitrogens with zero attached hydrogens (tertiary/aromatic N) is 2. The summed E-state index contributed by atoms with van der Waals surface area (Å²) in [6.07, 6.45) is 1.00. The summed E-state index contributed by atoms with van der Waals surface area (Å²) in [5.74, 6) is 1.27. The molecule has 0 bridgehead atoms. The molecule has 0 fully saturated rings. The van der Waals surface area contributed by atoms with Crippen LogP contribution in [0, 0.1) is 0 Å². The predicted molar refractivity (Wildman–Crippen MR) is 115 cm³/mol. The van der Waals surface area contributed by atoms with E-state index in [2.05, 4.69) is 29.4 Å². The standard InChI is InChI=1S/C21H22ClN3O3S/c1-3-14(2)15-8-4-6-10-17(15)23-19(26)13-29-21-25-24-20(28-21)12-27-18-11-7-5-9-16(18)22/h4-11,14H,3,12-13H2,1-2H3,(H,23,26)/t14-/m0/s1. The first-order valence-electron chi connectivity index (χ1n) is 9.28. The van der Waals surface area contributed by atoms with Crippen LogP contribution in [0.4, 0.5) is 5.69 Å². The number of ether oxygens (including phenoxy) is 1. The van der Waals surface area contributed by atoms with Gasteiger partial charge in [-0.05, 0) is 36.1 Å². The number of amides is 1. The predicted octanol–water partition coefficient (Wildman–Crippen LogP) is 5.55. The van der Waals surface area contributed by atoms with Gasteiger partial charge in [0.15, 0.2) is 6.61 Å². The third kappa shape index (κ3) is 5.98. The van der Waals surface area contributed by atoms with Crippen molar-refractivity contribution < 1.29 is 13.9 Å². The number of carbonyl (C=O) groups is 1. The molecule has 0 saturated heterocycles. The van der Waals surface area contributed by atoms with Crippen LogP contribution in [0.5, 0.6) is 5.75 Å². The second-order valence-corrected chi connectivity index (χ2v) is 7.75. The molecule has 3 aromatic rings. The zero-order valence-electron chi connectivity index (χ0n) is 16.2. The van der Waals surface area contributed by atoms with Gasteiger partial charge in [0.1, 0.15) is 5.75 Å². The largest absolute Gasteiger partial charge is 0.482 e. The van der Waals surface area contributed by atoms with Gasteiger partial charge in [-0.15, -0.1) is 10.2 Å². The highest BCUT2D eigenvalue weighted by molar-refractivity contribution is 7.99. The van der Waals surface area contributed by atoms with E-state index in [0.29, 0.717) is 27.8 Å². The molecule has 0 spiro atoms. The van der Waals surface area contributed by atoms with Crippen molar-refractivity contribution in [2.45, 2.75) is 38.0 Å². The van der Waals surface area contributed by atoms with Crippen LogP contribution in [0.3, 0.4) is 0 Å². The average molecular weight is 432 g/mol. The number of thioether (sulfide) groups is 1. The molecule has 0 aliphatic rings. The fourth-order valence-electron chi connectivity index (χ4n) is 2.63. The normalized spacial score (nSPS) is 11.8. The SMILES string of the molecule is CC[C@H](C)c1ccccc1NC(=O)CSc1nnc(COc2ccccc2Cl)o1. The van der Waals surface area contributed by atoms with E-state index in [4.69, 9.17) is 20.8 Å². The highest BCUT2D eigenvalue weighted by Crippen LogP contribution is 2.27. The molecule has 152 valence electrons. The van der Waals surface area contributed by atoms with Crippen molar-refractivity contribution in [3.8, 4) is 5.75 Å². The molecule has 1 amide bonds. The number of hydrogen-bond acceptors (Lipinski definition) is 6. The monoisotopic (exact) mass is 431 g/mol. The third-order valence-corrected chi connectivity index (χ3v) is 5.47. The quantitative estimate of drug-likeness (QED) is 0.448. The van der Waals surface area contributed by atoms with Crippen molar-refractivity contribution in [2.75, 3.05) is 11.1 Å². The molecule has 1 aromatic heterocycles. The van der Waals surface area contributed by atoms with E-state index >= 15 is 0 Å². The van der Waals surface area contributed by atoms with Crippen molar-refractivity contribution in [1.29, 1.82) is 0 Å². The maximum Gasteiger partial charge on any atom is 0.277 e. The molecule has 0 unspecified atom stereocenters. The summed E-state index contributed by atoms with van der Waals surface area (Å²) in [6, 6.07) is 15.0. The smallest absolute Gasteiger partial charge is 0.277 e. The molecule has 1 N–H and O–H groups in total. The van der Waals surface area contributed by atoms with Crippen LogP contribution in [0.15, 0.2) is 58.2 Å². The van der Waals surface area contributed by atoms with E-state index < -0.39 is 0 Å². The molecule has 2 aromatic carbocycles. The Balaban J connectivity index is 1.51. The van der Waals surface area contributed by atoms with E-state index in [1.54, 1.807) is 12.1 Å². The number of para-hydroxylation sites is 2. The minimum absolute atomic E-state index is 0.103. The Labute approximate surface area is 179 Å². The molecular formula is C21H22ClN3O3S. The van der Waals surface area contributed by atoms with E-state index in [1.807, 2.05) is 36.4 Å². The first-order chi connectivity index (χ1) is 14.1. The lowest BCUT2D eigenvalue weighted by Gasteiger charge is -2.15. The van der Waals surface area contributed by atoms with Crippen LogP contribution in [0.1, 0.15) is 37.6 Å². The van der Waals surface area contributed by atoms with Gasteiger partial charge in [0.2, 0.25) is 5.91 Å². The molecule has 0 radical (unpaired) electrons. The van der Waals surface area contributed by atoms with Crippen molar-refractivity contribution in [2.24, 2.45) is 0 Å². The molecule has 1 heterocycles. The van der Waals surface area contributed by atoms with Crippen LogP contribution in [0.2, 0.25) is 5.02 Å². The molecule has 0 saturated carbocycles. The minimum atomic E-state index is -0.127. The van der Waals surface area contributed by atoms with Crippen molar-refractivity contribution >= 4 is 35.0 Å². The summed E-state index contributed by atoms with van der Waals surface area (Å²) in [7, 11) is 0. The van der Waals surface area contributed by atoms with Gasteiger partial charge in [-0.3, -0.25) is 4.79 Å². The number of halogens is 1. The lowest BCUT2D eigenvalue weighted by Crippen LogP contribution is -2.15. The molecule has 1 atom stereocenters. The van der Waals surface area contributed by atoms with Gasteiger partial charge in [0.25, 0.3) is 11.1 Å². The summed E-state index contributed by atoms with van der Waals surface area (Å²) < 4.78 is 11.1. The van der Waals surface area contributed by atoms with E-state index in [1.165, 1.54) is 11.8 Å². The summed E-state index contributed by atoms with van der Waals surface area (Å²) in [5, 5.41) is 11.7. The van der Waals surface area contributed by atoms with Crippen LogP contribution in [-0.2, 0) is 11.4 Å². The fraction of sp³-hybridized carbons (Fsp3) is 0.286. The van der Waals surface area contributed by atoms with Gasteiger partial charge in [0.05, 0.1) is 10.8 Å². The fourth-order valence-corrected chi connectivity index (χ4v) is 3.40. The van der Waals surface area contributed by atoms with E-state index in [0.717, 1.165) is 17.7 Å². The summed E-state index contributed by atoms with van der Waals surface area (Å²) in [4.78, 5) is 12.3. The van der Waals surface area contributed by atoms with Gasteiger partial charge in [0, 0.05) is 5.69 Å². The molecule has 8 heteroatoms. The average Bonchev–Trinajstić information content (AvgIpc) is 3.19. The molecule has 0 aliphatic carbocycles. The number of anilines is 1. The van der Waals surface area contributed by atoms with Crippen LogP contribution >= 0.6 is 23.4 Å². The minimum Gasteiger partial charge on any atom is -0.482 e. The summed E-state index contributed by atoms with van der Waals surface area (Å²) >= 11 is 7.23. The van der Waals surface area contributed by atoms with Gasteiger partial charge in [-0.2, -0.15) is 0 Å². The maximum atomic E-state index is 12.3. The van der Waals surface area contributed by atoms with E-state index in [9.17, 15) is 4.79 Å². The van der Waals surface area contributed by atoms with Crippen LogP contribution in [0.25, 0.3) is 0 Å². The number of benzene rings is 2. The van der Waals surface area contributed by atoms with E-state index in [-0.39, 0.29) is 18.3 Å². The number of carbonyl (C=O) groups excluding carboxylic acids is 1. The first kappa shape index (κ1) is 21.2. The Morgan fingerprint density at radius 2 is 1.97 bits per heavy atom. The zero-order valence-corrected chi connectivity index (χ0v) is 17.8. The number of nitrogens with one attached hydrogen (secondary N) is 1. The van der Waals surface area contributed by atoms with Gasteiger partial charge >= 0.3 is 0 Å². The van der Waals surface area contributed by atoms with Gasteiger partial charge in [-0.1, -0.05) is 67.5 Å². The lowest BCUT2D eigenvalue weighted by molar-refractivity contribution is -0.113. The second kappa shape index (κ2) is 10.3. The second-order valence-electron chi connectivity index (χ2n) is 6.41. The van der Waals surface area contributed by atoms with Crippen molar-refractivity contribution in [3.05, 3.63) is 65.0 Å². The van der Waals surface area contributed by atoms with Crippen molar-refractivity contribution in [1.82, 2.24) is 10.2 Å². The zero-order chi connectivity index (χ0) is 20.6. The molecular weight excluding hydrogens is 410 g/mol. The first-order valence-corrected chi connectivity index (χ1v) is 10.6. The maximum absolute atomic E-state index is 12.3. The Bertz CT molecular complexity index is 964. The van der Waals surface area contributed by atoms with Crippen LogP contribution < -0.4 is 10.1 Å². The Hall–Kier alpha value is -2.51.